The van der Waals surface area contributed by atoms with Crippen LogP contribution in [0.5, 0.6) is 5.75 Å². The third-order valence-electron chi connectivity index (χ3n) is 2.79. The summed E-state index contributed by atoms with van der Waals surface area (Å²) in [7, 11) is 0. The first-order chi connectivity index (χ1) is 9.83. The van der Waals surface area contributed by atoms with E-state index in [-0.39, 0.29) is 18.8 Å². The lowest BCUT2D eigenvalue weighted by Gasteiger charge is -2.16. The summed E-state index contributed by atoms with van der Waals surface area (Å²) in [6.45, 7) is 5.35. The molecule has 0 saturated carbocycles. The summed E-state index contributed by atoms with van der Waals surface area (Å²) < 4.78 is 10.5. The Hall–Kier alpha value is -0.970. The molecule has 1 atom stereocenters. The molecule has 0 heterocycles. The molecule has 0 amide bonds. The second-order valence-electron chi connectivity index (χ2n) is 5.08. The first kappa shape index (κ1) is 18.1. The Kier molecular flexibility index (Phi) is 7.29. The number of benzene rings is 1. The molecule has 118 valence electrons. The van der Waals surface area contributed by atoms with Crippen molar-refractivity contribution in [1.29, 1.82) is 0 Å². The Morgan fingerprint density at radius 3 is 2.57 bits per heavy atom. The monoisotopic (exact) mass is 333 g/mol. The van der Waals surface area contributed by atoms with E-state index in [9.17, 15) is 4.79 Å². The number of hydrogen-bond acceptors (Lipinski definition) is 4. The van der Waals surface area contributed by atoms with Crippen molar-refractivity contribution in [2.45, 2.75) is 45.8 Å². The van der Waals surface area contributed by atoms with Gasteiger partial charge in [-0.3, -0.25) is 0 Å². The molecule has 0 aromatic heterocycles. The van der Waals surface area contributed by atoms with Gasteiger partial charge in [0.05, 0.1) is 11.1 Å². The number of nitrogens with two attached hydrogens (primary N) is 1. The second-order valence-corrected chi connectivity index (χ2v) is 5.92. The molecule has 1 aromatic carbocycles. The molecule has 2 N–H and O–H groups in total. The zero-order valence-corrected chi connectivity index (χ0v) is 14.0. The Morgan fingerprint density at radius 2 is 2.00 bits per heavy atom. The standard InChI is InChI=1S/C15H21Cl2NO3/c1-4-12(18)6-10-5-11(16)7-13(17)15(10)20-8-14(19)21-9(2)3/h5,7,9,12H,4,6,8,18H2,1-3H3. The van der Waals surface area contributed by atoms with Gasteiger partial charge in [0.1, 0.15) is 5.75 Å². The van der Waals surface area contributed by atoms with Gasteiger partial charge in [-0.15, -0.1) is 0 Å². The Balaban J connectivity index is 2.86. The van der Waals surface area contributed by atoms with E-state index >= 15 is 0 Å². The number of hydrogen-bond donors (Lipinski definition) is 1. The van der Waals surface area contributed by atoms with E-state index < -0.39 is 5.97 Å². The van der Waals surface area contributed by atoms with Crippen LogP contribution in [0.4, 0.5) is 0 Å². The smallest absolute Gasteiger partial charge is 0.344 e. The van der Waals surface area contributed by atoms with Gasteiger partial charge in [-0.2, -0.15) is 0 Å². The third-order valence-corrected chi connectivity index (χ3v) is 3.29. The van der Waals surface area contributed by atoms with E-state index in [1.54, 1.807) is 26.0 Å². The first-order valence-corrected chi connectivity index (χ1v) is 7.64. The summed E-state index contributed by atoms with van der Waals surface area (Å²) in [5.41, 5.74) is 6.75. The van der Waals surface area contributed by atoms with E-state index in [0.29, 0.717) is 22.2 Å². The molecular weight excluding hydrogens is 313 g/mol. The summed E-state index contributed by atoms with van der Waals surface area (Å²) >= 11 is 12.2. The minimum atomic E-state index is -0.443. The van der Waals surface area contributed by atoms with Crippen LogP contribution in [-0.4, -0.2) is 24.7 Å². The summed E-state index contributed by atoms with van der Waals surface area (Å²) in [6, 6.07) is 3.31. The topological polar surface area (TPSA) is 61.5 Å². The van der Waals surface area contributed by atoms with Crippen molar-refractivity contribution in [2.75, 3.05) is 6.61 Å². The van der Waals surface area contributed by atoms with E-state index in [1.807, 2.05) is 6.92 Å². The molecule has 0 aliphatic rings. The number of rotatable bonds is 7. The highest BCUT2D eigenvalue weighted by Gasteiger charge is 2.15. The average Bonchev–Trinajstić information content (AvgIpc) is 2.36. The van der Waals surface area contributed by atoms with Gasteiger partial charge < -0.3 is 15.2 Å². The van der Waals surface area contributed by atoms with Gasteiger partial charge in [-0.05, 0) is 44.4 Å². The molecule has 1 rings (SSSR count). The summed E-state index contributed by atoms with van der Waals surface area (Å²) in [6.07, 6.45) is 1.21. The number of carbonyl (C=O) groups is 1. The molecule has 4 nitrogen and oxygen atoms in total. The van der Waals surface area contributed by atoms with E-state index in [2.05, 4.69) is 0 Å². The van der Waals surface area contributed by atoms with Crippen LogP contribution in [0.25, 0.3) is 0 Å². The quantitative estimate of drug-likeness (QED) is 0.774. The zero-order chi connectivity index (χ0) is 16.0. The number of halogens is 2. The molecule has 1 unspecified atom stereocenters. The maximum atomic E-state index is 11.6. The number of ether oxygens (including phenoxy) is 2. The molecule has 21 heavy (non-hydrogen) atoms. The molecule has 6 heteroatoms. The SMILES string of the molecule is CCC(N)Cc1cc(Cl)cc(Cl)c1OCC(=O)OC(C)C. The Bertz CT molecular complexity index is 492. The van der Waals surface area contributed by atoms with Crippen LogP contribution in [0, 0.1) is 0 Å². The zero-order valence-electron chi connectivity index (χ0n) is 12.5. The Labute approximate surface area is 135 Å². The van der Waals surface area contributed by atoms with E-state index in [1.165, 1.54) is 0 Å². The Morgan fingerprint density at radius 1 is 1.33 bits per heavy atom. The fourth-order valence-corrected chi connectivity index (χ4v) is 2.37. The molecule has 0 fully saturated rings. The lowest BCUT2D eigenvalue weighted by atomic mass is 10.0. The third kappa shape index (κ3) is 6.12. The highest BCUT2D eigenvalue weighted by Crippen LogP contribution is 2.33. The summed E-state index contributed by atoms with van der Waals surface area (Å²) in [5.74, 6) is -0.00701. The maximum absolute atomic E-state index is 11.6. The van der Waals surface area contributed by atoms with Crippen LogP contribution in [0.1, 0.15) is 32.8 Å². The molecule has 0 saturated heterocycles. The van der Waals surface area contributed by atoms with Crippen molar-refractivity contribution in [2.24, 2.45) is 5.73 Å². The van der Waals surface area contributed by atoms with Crippen molar-refractivity contribution in [3.8, 4) is 5.75 Å². The van der Waals surface area contributed by atoms with E-state index in [4.69, 9.17) is 38.4 Å². The van der Waals surface area contributed by atoms with Gasteiger partial charge in [0.15, 0.2) is 6.61 Å². The lowest BCUT2D eigenvalue weighted by Crippen LogP contribution is -2.23. The van der Waals surface area contributed by atoms with Gasteiger partial charge in [0, 0.05) is 11.1 Å². The van der Waals surface area contributed by atoms with Crippen LogP contribution in [0.15, 0.2) is 12.1 Å². The predicted molar refractivity (Wildman–Crippen MR) is 85.2 cm³/mol. The van der Waals surface area contributed by atoms with Gasteiger partial charge in [0.25, 0.3) is 0 Å². The minimum Gasteiger partial charge on any atom is -0.480 e. The van der Waals surface area contributed by atoms with Crippen LogP contribution >= 0.6 is 23.2 Å². The molecule has 0 bridgehead atoms. The minimum absolute atomic E-state index is 0.0236. The van der Waals surface area contributed by atoms with Crippen LogP contribution in [-0.2, 0) is 16.0 Å². The van der Waals surface area contributed by atoms with Gasteiger partial charge in [0.2, 0.25) is 0 Å². The summed E-state index contributed by atoms with van der Waals surface area (Å²) in [5, 5.41) is 0.869. The van der Waals surface area contributed by atoms with Crippen LogP contribution in [0.2, 0.25) is 10.0 Å². The van der Waals surface area contributed by atoms with Crippen LogP contribution in [0.3, 0.4) is 0 Å². The summed E-state index contributed by atoms with van der Waals surface area (Å²) in [4.78, 5) is 11.6. The molecule has 0 spiro atoms. The van der Waals surface area contributed by atoms with Crippen molar-refractivity contribution >= 4 is 29.2 Å². The molecule has 1 aromatic rings. The average molecular weight is 334 g/mol. The van der Waals surface area contributed by atoms with E-state index in [0.717, 1.165) is 12.0 Å². The van der Waals surface area contributed by atoms with Gasteiger partial charge in [-0.25, -0.2) is 4.79 Å². The molecule has 0 radical (unpaired) electrons. The predicted octanol–water partition coefficient (Wildman–Crippen LogP) is 3.60. The largest absolute Gasteiger partial charge is 0.480 e. The number of esters is 1. The maximum Gasteiger partial charge on any atom is 0.344 e. The normalized spacial score (nSPS) is 12.3. The molecule has 0 aliphatic carbocycles. The second kappa shape index (κ2) is 8.47. The highest BCUT2D eigenvalue weighted by molar-refractivity contribution is 6.35. The molecular formula is C15H21Cl2NO3. The van der Waals surface area contributed by atoms with Crippen molar-refractivity contribution in [1.82, 2.24) is 0 Å². The fraction of sp³-hybridized carbons (Fsp3) is 0.533. The van der Waals surface area contributed by atoms with Gasteiger partial charge >= 0.3 is 5.97 Å². The highest BCUT2D eigenvalue weighted by atomic mass is 35.5. The lowest BCUT2D eigenvalue weighted by molar-refractivity contribution is -0.149. The van der Waals surface area contributed by atoms with Crippen molar-refractivity contribution in [3.63, 3.8) is 0 Å². The fourth-order valence-electron chi connectivity index (χ4n) is 1.78. The van der Waals surface area contributed by atoms with Crippen LogP contribution < -0.4 is 10.5 Å². The molecule has 0 aliphatic heterocycles. The van der Waals surface area contributed by atoms with Crippen molar-refractivity contribution in [3.05, 3.63) is 27.7 Å². The number of carbonyl (C=O) groups excluding carboxylic acids is 1. The van der Waals surface area contributed by atoms with Crippen molar-refractivity contribution < 1.29 is 14.3 Å². The first-order valence-electron chi connectivity index (χ1n) is 6.89. The van der Waals surface area contributed by atoms with Gasteiger partial charge in [-0.1, -0.05) is 30.1 Å².